The minimum atomic E-state index is -0.587. The van der Waals surface area contributed by atoms with E-state index in [0.717, 1.165) is 11.8 Å². The number of hydrogen-bond acceptors (Lipinski definition) is 8. The average molecular weight is 397 g/mol. The molecular formula is C16H17ClN4O4S. The normalized spacial score (nSPS) is 10.3. The summed E-state index contributed by atoms with van der Waals surface area (Å²) in [6.45, 7) is 1.91. The van der Waals surface area contributed by atoms with E-state index >= 15 is 0 Å². The van der Waals surface area contributed by atoms with Crippen LogP contribution in [0, 0.1) is 0 Å². The fourth-order valence-electron chi connectivity index (χ4n) is 1.89. The molecule has 2 rings (SSSR count). The topological polar surface area (TPSA) is 116 Å². The number of nitrogens with zero attached hydrogens (tertiary/aromatic N) is 2. The monoisotopic (exact) mass is 396 g/mol. The highest BCUT2D eigenvalue weighted by Crippen LogP contribution is 2.27. The number of rotatable bonds is 7. The van der Waals surface area contributed by atoms with Crippen LogP contribution in [0.3, 0.4) is 0 Å². The number of amides is 1. The molecule has 0 spiro atoms. The molecule has 0 aliphatic heterocycles. The number of thioether (sulfide) groups is 1. The Balaban J connectivity index is 1.94. The first kappa shape index (κ1) is 19.8. The highest BCUT2D eigenvalue weighted by Gasteiger charge is 2.14. The van der Waals surface area contributed by atoms with Crippen molar-refractivity contribution >= 4 is 46.7 Å². The first-order chi connectivity index (χ1) is 12.4. The highest BCUT2D eigenvalue weighted by molar-refractivity contribution is 7.99. The van der Waals surface area contributed by atoms with Gasteiger partial charge < -0.3 is 20.5 Å². The van der Waals surface area contributed by atoms with Gasteiger partial charge in [-0.3, -0.25) is 4.79 Å². The summed E-state index contributed by atoms with van der Waals surface area (Å²) in [5.74, 6) is -0.279. The third-order valence-corrected chi connectivity index (χ3v) is 4.22. The van der Waals surface area contributed by atoms with Gasteiger partial charge in [-0.15, -0.1) is 0 Å². The predicted molar refractivity (Wildman–Crippen MR) is 99.8 cm³/mol. The first-order valence-corrected chi connectivity index (χ1v) is 8.86. The lowest BCUT2D eigenvalue weighted by atomic mass is 10.3. The SMILES string of the molecule is CCOC(=O)c1cnc(SCC(=O)Nc2ccc(OC)c(Cl)c2)nc1N. The predicted octanol–water partition coefficient (Wildman–Crippen LogP) is 2.63. The van der Waals surface area contributed by atoms with Gasteiger partial charge in [0.1, 0.15) is 17.1 Å². The molecule has 0 saturated heterocycles. The zero-order valence-corrected chi connectivity index (χ0v) is 15.7. The molecule has 0 fully saturated rings. The van der Waals surface area contributed by atoms with E-state index in [0.29, 0.717) is 16.5 Å². The second-order valence-corrected chi connectivity index (χ2v) is 6.21. The number of esters is 1. The third-order valence-electron chi connectivity index (χ3n) is 3.06. The summed E-state index contributed by atoms with van der Waals surface area (Å²) in [5.41, 5.74) is 6.37. The van der Waals surface area contributed by atoms with Gasteiger partial charge in [-0.1, -0.05) is 23.4 Å². The van der Waals surface area contributed by atoms with Crippen molar-refractivity contribution in [2.45, 2.75) is 12.1 Å². The van der Waals surface area contributed by atoms with Crippen LogP contribution in [-0.2, 0) is 9.53 Å². The molecule has 1 heterocycles. The molecular weight excluding hydrogens is 380 g/mol. The number of nitrogen functional groups attached to an aromatic ring is 1. The molecule has 0 aliphatic rings. The molecule has 3 N–H and O–H groups in total. The molecule has 0 bridgehead atoms. The van der Waals surface area contributed by atoms with Gasteiger partial charge in [0.2, 0.25) is 5.91 Å². The van der Waals surface area contributed by atoms with Crippen molar-refractivity contribution in [3.63, 3.8) is 0 Å². The number of benzene rings is 1. The highest BCUT2D eigenvalue weighted by atomic mass is 35.5. The maximum absolute atomic E-state index is 12.0. The van der Waals surface area contributed by atoms with Crippen molar-refractivity contribution in [3.8, 4) is 5.75 Å². The lowest BCUT2D eigenvalue weighted by Crippen LogP contribution is -2.15. The molecule has 0 saturated carbocycles. The van der Waals surface area contributed by atoms with Gasteiger partial charge in [-0.2, -0.15) is 0 Å². The maximum atomic E-state index is 12.0. The van der Waals surface area contributed by atoms with Crippen molar-refractivity contribution in [1.29, 1.82) is 0 Å². The smallest absolute Gasteiger partial charge is 0.343 e. The number of ether oxygens (including phenoxy) is 2. The molecule has 0 aliphatic carbocycles. The number of halogens is 1. The van der Waals surface area contributed by atoms with Crippen molar-refractivity contribution in [1.82, 2.24) is 9.97 Å². The molecule has 10 heteroatoms. The third kappa shape index (κ3) is 5.24. The number of anilines is 2. The van der Waals surface area contributed by atoms with E-state index in [2.05, 4.69) is 15.3 Å². The average Bonchev–Trinajstić information content (AvgIpc) is 2.60. The van der Waals surface area contributed by atoms with Crippen LogP contribution < -0.4 is 15.8 Å². The Morgan fingerprint density at radius 2 is 2.15 bits per heavy atom. The lowest BCUT2D eigenvalue weighted by molar-refractivity contribution is -0.113. The molecule has 1 aromatic heterocycles. The van der Waals surface area contributed by atoms with Crippen LogP contribution in [0.1, 0.15) is 17.3 Å². The van der Waals surface area contributed by atoms with Gasteiger partial charge >= 0.3 is 5.97 Å². The van der Waals surface area contributed by atoms with Crippen LogP contribution in [-0.4, -0.2) is 41.3 Å². The maximum Gasteiger partial charge on any atom is 0.343 e. The molecule has 26 heavy (non-hydrogen) atoms. The Kier molecular flexibility index (Phi) is 7.05. The van der Waals surface area contributed by atoms with Crippen LogP contribution in [0.15, 0.2) is 29.6 Å². The summed E-state index contributed by atoms with van der Waals surface area (Å²) in [7, 11) is 1.51. The number of aromatic nitrogens is 2. The zero-order valence-electron chi connectivity index (χ0n) is 14.1. The summed E-state index contributed by atoms with van der Waals surface area (Å²) in [6.07, 6.45) is 1.28. The summed E-state index contributed by atoms with van der Waals surface area (Å²) >= 11 is 7.10. The van der Waals surface area contributed by atoms with E-state index in [9.17, 15) is 9.59 Å². The largest absolute Gasteiger partial charge is 0.495 e. The Morgan fingerprint density at radius 1 is 1.38 bits per heavy atom. The summed E-state index contributed by atoms with van der Waals surface area (Å²) in [4.78, 5) is 31.7. The van der Waals surface area contributed by atoms with Crippen molar-refractivity contribution in [2.75, 3.05) is 30.5 Å². The fourth-order valence-corrected chi connectivity index (χ4v) is 2.77. The second-order valence-electron chi connectivity index (χ2n) is 4.86. The van der Waals surface area contributed by atoms with Crippen LogP contribution in [0.5, 0.6) is 5.75 Å². The molecule has 2 aromatic rings. The lowest BCUT2D eigenvalue weighted by Gasteiger charge is -2.08. The Morgan fingerprint density at radius 3 is 2.77 bits per heavy atom. The van der Waals surface area contributed by atoms with E-state index in [4.69, 9.17) is 26.8 Å². The molecule has 1 aromatic carbocycles. The van der Waals surface area contributed by atoms with Gasteiger partial charge in [-0.25, -0.2) is 14.8 Å². The zero-order chi connectivity index (χ0) is 19.1. The van der Waals surface area contributed by atoms with Gasteiger partial charge in [0, 0.05) is 11.9 Å². The van der Waals surface area contributed by atoms with Gasteiger partial charge in [0.25, 0.3) is 0 Å². The fraction of sp³-hybridized carbons (Fsp3) is 0.250. The van der Waals surface area contributed by atoms with Crippen molar-refractivity contribution < 1.29 is 19.1 Å². The second kappa shape index (κ2) is 9.25. The Bertz CT molecular complexity index is 819. The quantitative estimate of drug-likeness (QED) is 0.416. The van der Waals surface area contributed by atoms with Gasteiger partial charge in [0.15, 0.2) is 5.16 Å². The number of carbonyl (C=O) groups excluding carboxylic acids is 2. The minimum absolute atomic E-state index is 0.00305. The van der Waals surface area contributed by atoms with Gasteiger partial charge in [-0.05, 0) is 25.1 Å². The summed E-state index contributed by atoms with van der Waals surface area (Å²) in [5, 5.41) is 3.37. The molecule has 0 unspecified atom stereocenters. The van der Waals surface area contributed by atoms with E-state index < -0.39 is 5.97 Å². The van der Waals surface area contributed by atoms with Crippen molar-refractivity contribution in [2.24, 2.45) is 0 Å². The van der Waals surface area contributed by atoms with Crippen LogP contribution in [0.25, 0.3) is 0 Å². The summed E-state index contributed by atoms with van der Waals surface area (Å²) < 4.78 is 9.90. The van der Waals surface area contributed by atoms with Gasteiger partial charge in [0.05, 0.1) is 24.5 Å². The molecule has 0 atom stereocenters. The Hall–Kier alpha value is -2.52. The number of carbonyl (C=O) groups is 2. The van der Waals surface area contributed by atoms with Crippen LogP contribution in [0.4, 0.5) is 11.5 Å². The molecule has 138 valence electrons. The van der Waals surface area contributed by atoms with E-state index in [1.165, 1.54) is 13.3 Å². The number of hydrogen-bond donors (Lipinski definition) is 2. The molecule has 1 amide bonds. The molecule has 8 nitrogen and oxygen atoms in total. The van der Waals surface area contributed by atoms with Crippen LogP contribution >= 0.6 is 23.4 Å². The van der Waals surface area contributed by atoms with E-state index in [1.807, 2.05) is 0 Å². The number of nitrogens with two attached hydrogens (primary N) is 1. The van der Waals surface area contributed by atoms with E-state index in [1.54, 1.807) is 25.1 Å². The van der Waals surface area contributed by atoms with Crippen LogP contribution in [0.2, 0.25) is 5.02 Å². The first-order valence-electron chi connectivity index (χ1n) is 7.50. The number of methoxy groups -OCH3 is 1. The number of nitrogens with one attached hydrogen (secondary N) is 1. The van der Waals surface area contributed by atoms with E-state index in [-0.39, 0.29) is 34.8 Å². The van der Waals surface area contributed by atoms with Crippen molar-refractivity contribution in [3.05, 3.63) is 35.0 Å². The standard InChI is InChI=1S/C16H17ClN4O4S/c1-3-25-15(23)10-7-19-16(21-14(10)18)26-8-13(22)20-9-4-5-12(24-2)11(17)6-9/h4-7H,3,8H2,1-2H3,(H,20,22)(H2,18,19,21). The molecule has 0 radical (unpaired) electrons. The minimum Gasteiger partial charge on any atom is -0.495 e. The Labute approximate surface area is 159 Å². The summed E-state index contributed by atoms with van der Waals surface area (Å²) in [6, 6.07) is 4.92.